The largest absolute Gasteiger partial charge is 0.371 e. The number of aromatic nitrogens is 2. The van der Waals surface area contributed by atoms with Gasteiger partial charge in [-0.05, 0) is 0 Å². The van der Waals surface area contributed by atoms with E-state index in [4.69, 9.17) is 0 Å². The second-order valence-corrected chi connectivity index (χ2v) is 4.29. The highest BCUT2D eigenvalue weighted by atomic mass is 16.2. The first-order valence-electron chi connectivity index (χ1n) is 5.81. The van der Waals surface area contributed by atoms with Crippen molar-refractivity contribution < 1.29 is 14.4 Å². The molecule has 1 fully saturated rings. The molecule has 1 atom stereocenters. The van der Waals surface area contributed by atoms with Gasteiger partial charge in [-0.3, -0.25) is 24.0 Å². The third-order valence-electron chi connectivity index (χ3n) is 2.94. The van der Waals surface area contributed by atoms with Crippen LogP contribution in [0.3, 0.4) is 0 Å². The van der Waals surface area contributed by atoms with Crippen LogP contribution in [-0.4, -0.2) is 52.5 Å². The monoisotopic (exact) mass is 265 g/mol. The standard InChI is InChI=1S/C11H15N5O3/c1-12-9(17)6-16-5-7(4-13-16)14-8-3-10(18)15(2)11(8)19/h4-5,8,14H,3,6H2,1-2H3,(H,12,17). The van der Waals surface area contributed by atoms with E-state index in [0.29, 0.717) is 5.69 Å². The molecule has 0 radical (unpaired) electrons. The smallest absolute Gasteiger partial charge is 0.251 e. The van der Waals surface area contributed by atoms with Crippen molar-refractivity contribution in [3.63, 3.8) is 0 Å². The highest BCUT2D eigenvalue weighted by Gasteiger charge is 2.36. The van der Waals surface area contributed by atoms with Crippen LogP contribution in [0.4, 0.5) is 5.69 Å². The first kappa shape index (κ1) is 13.1. The van der Waals surface area contributed by atoms with E-state index in [0.717, 1.165) is 4.90 Å². The molecular formula is C11H15N5O3. The van der Waals surface area contributed by atoms with Gasteiger partial charge >= 0.3 is 0 Å². The van der Waals surface area contributed by atoms with Gasteiger partial charge in [0.15, 0.2) is 0 Å². The number of likely N-dealkylation sites (N-methyl/N-ethyl adjacent to an activating group) is 2. The molecule has 0 saturated carbocycles. The Hall–Kier alpha value is -2.38. The molecule has 102 valence electrons. The van der Waals surface area contributed by atoms with Gasteiger partial charge in [0.05, 0.1) is 18.3 Å². The molecule has 1 aromatic rings. The second kappa shape index (κ2) is 5.09. The van der Waals surface area contributed by atoms with Crippen molar-refractivity contribution in [2.45, 2.75) is 19.0 Å². The minimum Gasteiger partial charge on any atom is -0.371 e. The fourth-order valence-electron chi connectivity index (χ4n) is 1.82. The van der Waals surface area contributed by atoms with E-state index >= 15 is 0 Å². The SMILES string of the molecule is CNC(=O)Cn1cc(NC2CC(=O)N(C)C2=O)cn1. The van der Waals surface area contributed by atoms with Crippen LogP contribution in [-0.2, 0) is 20.9 Å². The Morgan fingerprint density at radius 1 is 1.53 bits per heavy atom. The third-order valence-corrected chi connectivity index (χ3v) is 2.94. The van der Waals surface area contributed by atoms with E-state index in [2.05, 4.69) is 15.7 Å². The van der Waals surface area contributed by atoms with Crippen molar-refractivity contribution in [1.29, 1.82) is 0 Å². The van der Waals surface area contributed by atoms with Crippen LogP contribution in [0.15, 0.2) is 12.4 Å². The zero-order chi connectivity index (χ0) is 14.0. The van der Waals surface area contributed by atoms with E-state index in [1.165, 1.54) is 17.9 Å². The van der Waals surface area contributed by atoms with Crippen molar-refractivity contribution in [1.82, 2.24) is 20.0 Å². The van der Waals surface area contributed by atoms with Gasteiger partial charge in [0.1, 0.15) is 12.6 Å². The van der Waals surface area contributed by atoms with Crippen LogP contribution in [0.5, 0.6) is 0 Å². The molecule has 19 heavy (non-hydrogen) atoms. The molecule has 1 saturated heterocycles. The molecule has 8 heteroatoms. The molecular weight excluding hydrogens is 250 g/mol. The first-order valence-corrected chi connectivity index (χ1v) is 5.81. The average Bonchev–Trinajstić information content (AvgIpc) is 2.91. The molecule has 2 N–H and O–H groups in total. The van der Waals surface area contributed by atoms with Crippen LogP contribution < -0.4 is 10.6 Å². The third kappa shape index (κ3) is 2.72. The number of amides is 3. The molecule has 0 bridgehead atoms. The van der Waals surface area contributed by atoms with Crippen LogP contribution in [0, 0.1) is 0 Å². The van der Waals surface area contributed by atoms with Gasteiger partial charge in [0.25, 0.3) is 5.91 Å². The Labute approximate surface area is 109 Å². The summed E-state index contributed by atoms with van der Waals surface area (Å²) in [7, 11) is 3.00. The summed E-state index contributed by atoms with van der Waals surface area (Å²) in [5.41, 5.74) is 0.602. The second-order valence-electron chi connectivity index (χ2n) is 4.29. The summed E-state index contributed by atoms with van der Waals surface area (Å²) < 4.78 is 1.45. The summed E-state index contributed by atoms with van der Waals surface area (Å²) in [5.74, 6) is -0.634. The van der Waals surface area contributed by atoms with Crippen molar-refractivity contribution >= 4 is 23.4 Å². The molecule has 8 nitrogen and oxygen atoms in total. The van der Waals surface area contributed by atoms with Crippen molar-refractivity contribution in [2.24, 2.45) is 0 Å². The van der Waals surface area contributed by atoms with Gasteiger partial charge in [-0.1, -0.05) is 0 Å². The highest BCUT2D eigenvalue weighted by molar-refractivity contribution is 6.06. The van der Waals surface area contributed by atoms with E-state index in [9.17, 15) is 14.4 Å². The lowest BCUT2D eigenvalue weighted by atomic mass is 10.2. The number of nitrogens with one attached hydrogen (secondary N) is 2. The number of anilines is 1. The fraction of sp³-hybridized carbons (Fsp3) is 0.455. The van der Waals surface area contributed by atoms with Gasteiger partial charge in [-0.2, -0.15) is 5.10 Å². The molecule has 1 unspecified atom stereocenters. The molecule has 1 aliphatic rings. The van der Waals surface area contributed by atoms with Crippen LogP contribution >= 0.6 is 0 Å². The van der Waals surface area contributed by atoms with Crippen molar-refractivity contribution in [3.05, 3.63) is 12.4 Å². The topological polar surface area (TPSA) is 96.3 Å². The van der Waals surface area contributed by atoms with Gasteiger partial charge in [0.2, 0.25) is 11.8 Å². The van der Waals surface area contributed by atoms with Gasteiger partial charge < -0.3 is 10.6 Å². The Morgan fingerprint density at radius 2 is 2.26 bits per heavy atom. The summed E-state index contributed by atoms with van der Waals surface area (Å²) in [5, 5.41) is 9.42. The number of hydrogen-bond donors (Lipinski definition) is 2. The zero-order valence-corrected chi connectivity index (χ0v) is 10.7. The normalized spacial score (nSPS) is 18.8. The fourth-order valence-corrected chi connectivity index (χ4v) is 1.82. The Morgan fingerprint density at radius 3 is 2.84 bits per heavy atom. The summed E-state index contributed by atoms with van der Waals surface area (Å²) in [6.07, 6.45) is 3.26. The lowest BCUT2D eigenvalue weighted by Gasteiger charge is -2.10. The highest BCUT2D eigenvalue weighted by Crippen LogP contribution is 2.16. The van der Waals surface area contributed by atoms with E-state index in [1.807, 2.05) is 0 Å². The lowest BCUT2D eigenvalue weighted by Crippen LogP contribution is -2.31. The number of imide groups is 1. The Bertz CT molecular complexity index is 524. The van der Waals surface area contributed by atoms with Crippen LogP contribution in [0.25, 0.3) is 0 Å². The number of carbonyl (C=O) groups is 3. The maximum atomic E-state index is 11.7. The molecule has 2 heterocycles. The van der Waals surface area contributed by atoms with Crippen LogP contribution in [0.1, 0.15) is 6.42 Å². The number of likely N-dealkylation sites (tertiary alicyclic amines) is 1. The van der Waals surface area contributed by atoms with E-state index in [-0.39, 0.29) is 30.7 Å². The molecule has 2 rings (SSSR count). The number of rotatable bonds is 4. The Balaban J connectivity index is 1.99. The summed E-state index contributed by atoms with van der Waals surface area (Å²) >= 11 is 0. The molecule has 0 aliphatic carbocycles. The molecule has 3 amide bonds. The van der Waals surface area contributed by atoms with Gasteiger partial charge in [-0.15, -0.1) is 0 Å². The predicted molar refractivity (Wildman–Crippen MR) is 66.1 cm³/mol. The average molecular weight is 265 g/mol. The van der Waals surface area contributed by atoms with Gasteiger partial charge in [-0.25, -0.2) is 0 Å². The minimum absolute atomic E-state index is 0.107. The molecule has 1 aliphatic heterocycles. The predicted octanol–water partition coefficient (Wildman–Crippen LogP) is -1.20. The van der Waals surface area contributed by atoms with Crippen LogP contribution in [0.2, 0.25) is 0 Å². The number of hydrogen-bond acceptors (Lipinski definition) is 5. The molecule has 0 aromatic carbocycles. The molecule has 1 aromatic heterocycles. The minimum atomic E-state index is -0.560. The number of nitrogens with zero attached hydrogens (tertiary/aromatic N) is 3. The quantitative estimate of drug-likeness (QED) is 0.666. The zero-order valence-electron chi connectivity index (χ0n) is 10.7. The number of carbonyl (C=O) groups excluding carboxylic acids is 3. The maximum absolute atomic E-state index is 11.7. The van der Waals surface area contributed by atoms with Gasteiger partial charge in [0, 0.05) is 20.3 Å². The summed E-state index contributed by atoms with van der Waals surface area (Å²) in [4.78, 5) is 35.3. The maximum Gasteiger partial charge on any atom is 0.251 e. The van der Waals surface area contributed by atoms with E-state index < -0.39 is 6.04 Å². The van der Waals surface area contributed by atoms with E-state index in [1.54, 1.807) is 13.2 Å². The first-order chi connectivity index (χ1) is 9.01. The Kier molecular flexibility index (Phi) is 3.50. The van der Waals surface area contributed by atoms with Crippen molar-refractivity contribution in [2.75, 3.05) is 19.4 Å². The van der Waals surface area contributed by atoms with Crippen molar-refractivity contribution in [3.8, 4) is 0 Å². The molecule has 0 spiro atoms. The summed E-state index contributed by atoms with van der Waals surface area (Å²) in [6, 6.07) is -0.560. The summed E-state index contributed by atoms with van der Waals surface area (Å²) in [6.45, 7) is 0.107. The lowest BCUT2D eigenvalue weighted by molar-refractivity contribution is -0.136.